The van der Waals surface area contributed by atoms with Crippen LogP contribution >= 0.6 is 0 Å². The van der Waals surface area contributed by atoms with Crippen molar-refractivity contribution in [3.05, 3.63) is 58.5 Å². The molecule has 0 heterocycles. The molecule has 0 radical (unpaired) electrons. The molecule has 0 spiro atoms. The van der Waals surface area contributed by atoms with Gasteiger partial charge in [0, 0.05) is 5.92 Å². The van der Waals surface area contributed by atoms with Gasteiger partial charge in [-0.3, -0.25) is 0 Å². The fourth-order valence-corrected chi connectivity index (χ4v) is 2.27. The first-order valence-corrected chi connectivity index (χ1v) is 5.02. The van der Waals surface area contributed by atoms with E-state index in [9.17, 15) is 0 Å². The van der Waals surface area contributed by atoms with Gasteiger partial charge in [-0.1, -0.05) is 54.1 Å². The molecule has 1 aromatic rings. The highest BCUT2D eigenvalue weighted by molar-refractivity contribution is 5.74. The van der Waals surface area contributed by atoms with E-state index in [0.717, 1.165) is 0 Å². The van der Waals surface area contributed by atoms with E-state index in [1.54, 1.807) is 0 Å². The predicted molar refractivity (Wildman–Crippen MR) is 60.0 cm³/mol. The van der Waals surface area contributed by atoms with Gasteiger partial charge < -0.3 is 0 Å². The third kappa shape index (κ3) is 1.00. The first kappa shape index (κ1) is 7.81. The van der Waals surface area contributed by atoms with Gasteiger partial charge in [-0.15, -0.1) is 0 Å². The Kier molecular flexibility index (Phi) is 1.51. The van der Waals surface area contributed by atoms with Crippen molar-refractivity contribution < 1.29 is 0 Å². The maximum Gasteiger partial charge on any atom is 0.0219 e. The van der Waals surface area contributed by atoms with Crippen LogP contribution in [0.25, 0.3) is 11.6 Å². The van der Waals surface area contributed by atoms with Gasteiger partial charge in [0.05, 0.1) is 0 Å². The van der Waals surface area contributed by atoms with E-state index in [0.29, 0.717) is 5.92 Å². The van der Waals surface area contributed by atoms with E-state index in [1.807, 2.05) is 0 Å². The van der Waals surface area contributed by atoms with E-state index >= 15 is 0 Å². The van der Waals surface area contributed by atoms with E-state index < -0.39 is 0 Å². The number of hydrogen-bond donors (Lipinski definition) is 0. The van der Waals surface area contributed by atoms with Crippen molar-refractivity contribution in [2.75, 3.05) is 0 Å². The minimum absolute atomic E-state index is 0.511. The summed E-state index contributed by atoms with van der Waals surface area (Å²) in [6, 6.07) is 8.62. The first-order valence-electron chi connectivity index (χ1n) is 5.02. The van der Waals surface area contributed by atoms with Crippen LogP contribution in [0.5, 0.6) is 0 Å². The normalized spacial score (nSPS) is 22.5. The van der Waals surface area contributed by atoms with Crippen molar-refractivity contribution in [2.45, 2.75) is 6.92 Å². The summed E-state index contributed by atoms with van der Waals surface area (Å²) in [4.78, 5) is 0. The fourth-order valence-electron chi connectivity index (χ4n) is 2.27. The van der Waals surface area contributed by atoms with Crippen molar-refractivity contribution in [1.29, 1.82) is 0 Å². The van der Waals surface area contributed by atoms with Gasteiger partial charge in [-0.05, 0) is 22.9 Å². The summed E-state index contributed by atoms with van der Waals surface area (Å²) in [5, 5.41) is 2.78. The van der Waals surface area contributed by atoms with Crippen LogP contribution in [-0.2, 0) is 0 Å². The maximum atomic E-state index is 2.34. The second kappa shape index (κ2) is 2.71. The number of hydrogen-bond acceptors (Lipinski definition) is 0. The van der Waals surface area contributed by atoms with Crippen LogP contribution < -0.4 is 10.4 Å². The van der Waals surface area contributed by atoms with Crippen LogP contribution in [0.2, 0.25) is 0 Å². The lowest BCUT2D eigenvalue weighted by atomic mass is 9.93. The average Bonchev–Trinajstić information content (AvgIpc) is 2.54. The van der Waals surface area contributed by atoms with Gasteiger partial charge in [0.25, 0.3) is 0 Å². The second-order valence-corrected chi connectivity index (χ2v) is 3.98. The number of rotatable bonds is 0. The maximum absolute atomic E-state index is 2.34. The molecule has 2 aliphatic carbocycles. The minimum Gasteiger partial charge on any atom is -0.0702 e. The summed E-state index contributed by atoms with van der Waals surface area (Å²) in [7, 11) is 0. The van der Waals surface area contributed by atoms with Crippen LogP contribution in [0, 0.1) is 5.92 Å². The lowest BCUT2D eigenvalue weighted by Gasteiger charge is -2.11. The molecular weight excluding hydrogens is 168 g/mol. The van der Waals surface area contributed by atoms with Gasteiger partial charge in [-0.25, -0.2) is 0 Å². The van der Waals surface area contributed by atoms with Gasteiger partial charge >= 0.3 is 0 Å². The summed E-state index contributed by atoms with van der Waals surface area (Å²) < 4.78 is 0. The van der Waals surface area contributed by atoms with E-state index in [4.69, 9.17) is 0 Å². The molecule has 0 saturated carbocycles. The summed E-state index contributed by atoms with van der Waals surface area (Å²) >= 11 is 0. The van der Waals surface area contributed by atoms with Gasteiger partial charge in [0.1, 0.15) is 0 Å². The molecule has 68 valence electrons. The number of fused-ring (bicyclic) bond motifs is 2. The zero-order chi connectivity index (χ0) is 9.54. The van der Waals surface area contributed by atoms with Crippen molar-refractivity contribution in [3.8, 4) is 0 Å². The molecule has 0 aromatic heterocycles. The second-order valence-electron chi connectivity index (χ2n) is 3.98. The van der Waals surface area contributed by atoms with E-state index in [1.165, 1.54) is 21.6 Å². The van der Waals surface area contributed by atoms with Crippen LogP contribution in [0.3, 0.4) is 0 Å². The molecule has 0 heteroatoms. The third-order valence-electron chi connectivity index (χ3n) is 2.96. The van der Waals surface area contributed by atoms with Crippen LogP contribution in [0.4, 0.5) is 0 Å². The molecular formula is C14H12. The monoisotopic (exact) mass is 180 g/mol. The molecule has 0 amide bonds. The van der Waals surface area contributed by atoms with Crippen molar-refractivity contribution in [1.82, 2.24) is 0 Å². The van der Waals surface area contributed by atoms with Crippen molar-refractivity contribution in [2.24, 2.45) is 5.92 Å². The fraction of sp³-hybridized carbons (Fsp3) is 0.143. The zero-order valence-electron chi connectivity index (χ0n) is 8.20. The standard InChI is InChI=1S/C14H12/c1-10-6-7-14-12(8-10)9-11-4-2-3-5-13(11)14/h2-9,12H,1H3/t12-/m0/s1. The lowest BCUT2D eigenvalue weighted by molar-refractivity contribution is 1.14. The number of benzene rings is 1. The summed E-state index contributed by atoms with van der Waals surface area (Å²) in [5.74, 6) is 0.511. The molecule has 14 heavy (non-hydrogen) atoms. The van der Waals surface area contributed by atoms with Gasteiger partial charge in [-0.2, -0.15) is 0 Å². The quantitative estimate of drug-likeness (QED) is 0.570. The molecule has 1 atom stereocenters. The Hall–Kier alpha value is -1.56. The molecule has 0 fully saturated rings. The lowest BCUT2D eigenvalue weighted by Crippen LogP contribution is -2.21. The first-order chi connectivity index (χ1) is 6.84. The highest BCUT2D eigenvalue weighted by Crippen LogP contribution is 2.25. The largest absolute Gasteiger partial charge is 0.0702 e. The molecule has 2 aliphatic rings. The molecule has 0 N–H and O–H groups in total. The van der Waals surface area contributed by atoms with Crippen LogP contribution in [-0.4, -0.2) is 0 Å². The Labute approximate surface area is 83.6 Å². The molecule has 3 rings (SSSR count). The highest BCUT2D eigenvalue weighted by Gasteiger charge is 2.15. The summed E-state index contributed by atoms with van der Waals surface area (Å²) in [6.07, 6.45) is 9.12. The van der Waals surface area contributed by atoms with E-state index in [2.05, 4.69) is 55.5 Å². The SMILES string of the molecule is CC1=C[C@H]2C=c3ccccc3=C2C=C1. The molecule has 1 aromatic carbocycles. The Bertz CT molecular complexity index is 556. The van der Waals surface area contributed by atoms with E-state index in [-0.39, 0.29) is 0 Å². The van der Waals surface area contributed by atoms with Crippen LogP contribution in [0.15, 0.2) is 48.1 Å². The summed E-state index contributed by atoms with van der Waals surface area (Å²) in [6.45, 7) is 2.16. The number of allylic oxidation sites excluding steroid dienone is 4. The summed E-state index contributed by atoms with van der Waals surface area (Å²) in [5.41, 5.74) is 2.81. The minimum atomic E-state index is 0.511. The van der Waals surface area contributed by atoms with Crippen LogP contribution in [0.1, 0.15) is 6.92 Å². The smallest absolute Gasteiger partial charge is 0.0219 e. The molecule has 0 saturated heterocycles. The highest BCUT2D eigenvalue weighted by atomic mass is 14.2. The van der Waals surface area contributed by atoms with Crippen molar-refractivity contribution in [3.63, 3.8) is 0 Å². The third-order valence-corrected chi connectivity index (χ3v) is 2.96. The topological polar surface area (TPSA) is 0 Å². The zero-order valence-corrected chi connectivity index (χ0v) is 8.20. The predicted octanol–water partition coefficient (Wildman–Crippen LogP) is 1.76. The molecule has 0 bridgehead atoms. The molecule has 0 nitrogen and oxygen atoms in total. The van der Waals surface area contributed by atoms with Gasteiger partial charge in [0.15, 0.2) is 0 Å². The Morgan fingerprint density at radius 3 is 2.79 bits per heavy atom. The molecule has 0 unspecified atom stereocenters. The average molecular weight is 180 g/mol. The Morgan fingerprint density at radius 2 is 1.86 bits per heavy atom. The van der Waals surface area contributed by atoms with Crippen molar-refractivity contribution >= 4 is 11.6 Å². The molecule has 0 aliphatic heterocycles. The Morgan fingerprint density at radius 1 is 1.00 bits per heavy atom. The van der Waals surface area contributed by atoms with Gasteiger partial charge in [0.2, 0.25) is 0 Å². The Balaban J connectivity index is 2.36.